The Morgan fingerprint density at radius 1 is 0.947 bits per heavy atom. The van der Waals surface area contributed by atoms with Crippen LogP contribution in [0, 0.1) is 0 Å². The molecule has 10 heteroatoms. The Hall–Kier alpha value is -4.31. The summed E-state index contributed by atoms with van der Waals surface area (Å²) in [5.74, 6) is 1.51. The monoisotopic (exact) mass is 529 g/mol. The number of rotatable bonds is 9. The Morgan fingerprint density at radius 2 is 1.66 bits per heavy atom. The second-order valence-electron chi connectivity index (χ2n) is 8.57. The topological polar surface area (TPSA) is 98.6 Å². The van der Waals surface area contributed by atoms with Gasteiger partial charge in [0.15, 0.2) is 11.0 Å². The van der Waals surface area contributed by atoms with E-state index < -0.39 is 0 Å². The van der Waals surface area contributed by atoms with Crippen molar-refractivity contribution >= 4 is 29.3 Å². The molecule has 194 valence electrons. The van der Waals surface area contributed by atoms with E-state index in [1.165, 1.54) is 31.5 Å². The largest absolute Gasteiger partial charge is 0.497 e. The number of methoxy groups -OCH3 is 2. The number of nitrogens with one attached hydrogen (secondary N) is 1. The number of hydrogen-bond donors (Lipinski definition) is 1. The fourth-order valence-electron chi connectivity index (χ4n) is 4.35. The average Bonchev–Trinajstić information content (AvgIpc) is 3.59. The molecular formula is C28H27N5O4S. The zero-order chi connectivity index (χ0) is 26.5. The van der Waals surface area contributed by atoms with Gasteiger partial charge in [-0.05, 0) is 42.3 Å². The van der Waals surface area contributed by atoms with Gasteiger partial charge in [-0.15, -0.1) is 10.2 Å². The van der Waals surface area contributed by atoms with Gasteiger partial charge in [0.25, 0.3) is 5.91 Å². The molecule has 1 aliphatic rings. The summed E-state index contributed by atoms with van der Waals surface area (Å²) in [6.07, 6.45) is 0.857. The fourth-order valence-corrected chi connectivity index (χ4v) is 5.19. The fraction of sp³-hybridized carbons (Fsp3) is 0.214. The predicted molar refractivity (Wildman–Crippen MR) is 145 cm³/mol. The van der Waals surface area contributed by atoms with E-state index in [2.05, 4.69) is 21.6 Å². The minimum absolute atomic E-state index is 0.0180. The highest BCUT2D eigenvalue weighted by molar-refractivity contribution is 7.99. The summed E-state index contributed by atoms with van der Waals surface area (Å²) in [5, 5.41) is 12.2. The molecule has 0 spiro atoms. The van der Waals surface area contributed by atoms with Gasteiger partial charge in [0.05, 0.1) is 26.5 Å². The molecular weight excluding hydrogens is 502 g/mol. The second kappa shape index (κ2) is 11.4. The molecule has 2 amide bonds. The smallest absolute Gasteiger partial charge is 0.251 e. The first-order valence-electron chi connectivity index (χ1n) is 12.1. The van der Waals surface area contributed by atoms with E-state index in [0.717, 1.165) is 17.8 Å². The van der Waals surface area contributed by atoms with Gasteiger partial charge >= 0.3 is 0 Å². The molecule has 2 heterocycles. The van der Waals surface area contributed by atoms with Crippen LogP contribution in [0.1, 0.15) is 21.7 Å². The Balaban J connectivity index is 1.33. The van der Waals surface area contributed by atoms with Crippen molar-refractivity contribution in [3.8, 4) is 17.2 Å². The summed E-state index contributed by atoms with van der Waals surface area (Å²) in [6, 6.07) is 22.6. The Labute approximate surface area is 224 Å². The van der Waals surface area contributed by atoms with Crippen molar-refractivity contribution in [2.24, 2.45) is 0 Å². The lowest BCUT2D eigenvalue weighted by Crippen LogP contribution is -2.30. The van der Waals surface area contributed by atoms with Crippen molar-refractivity contribution in [3.63, 3.8) is 0 Å². The van der Waals surface area contributed by atoms with Crippen molar-refractivity contribution in [3.05, 3.63) is 89.7 Å². The Morgan fingerprint density at radius 3 is 2.39 bits per heavy atom. The summed E-state index contributed by atoms with van der Waals surface area (Å²) in [7, 11) is 3.07. The quantitative estimate of drug-likeness (QED) is 0.329. The number of anilines is 1. The van der Waals surface area contributed by atoms with Crippen molar-refractivity contribution in [1.29, 1.82) is 0 Å². The van der Waals surface area contributed by atoms with E-state index in [1.807, 2.05) is 58.0 Å². The standard InChI is InChI=1S/C28H27N5O4S/c1-36-22-14-20(15-23(16-22)37-2)27(35)29-17-25-30-31-28(33(25)21-9-4-3-5-10-21)38-18-26(34)32-13-12-19-8-6-7-11-24(19)32/h3-11,14-16H,12-13,17-18H2,1-2H3,(H,29,35). The highest BCUT2D eigenvalue weighted by atomic mass is 32.2. The number of aromatic nitrogens is 3. The number of para-hydroxylation sites is 2. The van der Waals surface area contributed by atoms with Gasteiger partial charge in [-0.25, -0.2) is 0 Å². The average molecular weight is 530 g/mol. The highest BCUT2D eigenvalue weighted by Gasteiger charge is 2.25. The maximum atomic E-state index is 13.1. The molecule has 0 bridgehead atoms. The van der Waals surface area contributed by atoms with Crippen molar-refractivity contribution in [1.82, 2.24) is 20.1 Å². The SMILES string of the molecule is COc1cc(OC)cc(C(=O)NCc2nnc(SCC(=O)N3CCc4ccccc43)n2-c2ccccc2)c1. The molecule has 1 N–H and O–H groups in total. The summed E-state index contributed by atoms with van der Waals surface area (Å²) in [5.41, 5.74) is 3.40. The number of amides is 2. The zero-order valence-electron chi connectivity index (χ0n) is 21.1. The van der Waals surface area contributed by atoms with Gasteiger partial charge in [-0.3, -0.25) is 14.2 Å². The molecule has 9 nitrogen and oxygen atoms in total. The number of nitrogens with zero attached hydrogens (tertiary/aromatic N) is 4. The number of ether oxygens (including phenoxy) is 2. The number of carbonyl (C=O) groups excluding carboxylic acids is 2. The molecule has 0 saturated carbocycles. The van der Waals surface area contributed by atoms with E-state index in [0.29, 0.717) is 34.6 Å². The van der Waals surface area contributed by atoms with Gasteiger partial charge in [-0.2, -0.15) is 0 Å². The van der Waals surface area contributed by atoms with Crippen molar-refractivity contribution < 1.29 is 19.1 Å². The first-order valence-corrected chi connectivity index (χ1v) is 13.1. The number of hydrogen-bond acceptors (Lipinski definition) is 7. The molecule has 0 unspecified atom stereocenters. The molecule has 0 aliphatic carbocycles. The number of thioether (sulfide) groups is 1. The summed E-state index contributed by atoms with van der Waals surface area (Å²) >= 11 is 1.33. The molecule has 1 aromatic heterocycles. The lowest BCUT2D eigenvalue weighted by molar-refractivity contribution is -0.116. The third-order valence-corrected chi connectivity index (χ3v) is 7.16. The summed E-state index contributed by atoms with van der Waals surface area (Å²) < 4.78 is 12.4. The first-order chi connectivity index (χ1) is 18.6. The van der Waals surface area contributed by atoms with Crippen LogP contribution in [-0.4, -0.2) is 53.1 Å². The van der Waals surface area contributed by atoms with Crippen molar-refractivity contribution in [2.75, 3.05) is 31.4 Å². The minimum atomic E-state index is -0.304. The van der Waals surface area contributed by atoms with Crippen LogP contribution in [0.5, 0.6) is 11.5 Å². The van der Waals surface area contributed by atoms with Crippen LogP contribution >= 0.6 is 11.8 Å². The van der Waals surface area contributed by atoms with E-state index in [1.54, 1.807) is 18.2 Å². The van der Waals surface area contributed by atoms with E-state index >= 15 is 0 Å². The lowest BCUT2D eigenvalue weighted by atomic mass is 10.2. The molecule has 0 saturated heterocycles. The molecule has 4 aromatic rings. The maximum Gasteiger partial charge on any atom is 0.251 e. The normalized spacial score (nSPS) is 12.2. The molecule has 0 atom stereocenters. The number of carbonyl (C=O) groups is 2. The molecule has 1 aliphatic heterocycles. The highest BCUT2D eigenvalue weighted by Crippen LogP contribution is 2.29. The zero-order valence-corrected chi connectivity index (χ0v) is 21.9. The molecule has 0 fully saturated rings. The minimum Gasteiger partial charge on any atom is -0.497 e. The van der Waals surface area contributed by atoms with Crippen LogP contribution in [0.3, 0.4) is 0 Å². The predicted octanol–water partition coefficient (Wildman–Crippen LogP) is 3.90. The van der Waals surface area contributed by atoms with Gasteiger partial charge in [0.2, 0.25) is 5.91 Å². The lowest BCUT2D eigenvalue weighted by Gasteiger charge is -2.17. The van der Waals surface area contributed by atoms with Crippen LogP contribution in [0.15, 0.2) is 78.0 Å². The van der Waals surface area contributed by atoms with Crippen molar-refractivity contribution in [2.45, 2.75) is 18.1 Å². The molecule has 5 rings (SSSR count). The van der Waals surface area contributed by atoms with Gasteiger partial charge in [0, 0.05) is 29.5 Å². The van der Waals surface area contributed by atoms with Crippen LogP contribution in [0.25, 0.3) is 5.69 Å². The van der Waals surface area contributed by atoms with Crippen LogP contribution in [0.4, 0.5) is 5.69 Å². The molecule has 3 aromatic carbocycles. The van der Waals surface area contributed by atoms with E-state index in [4.69, 9.17) is 9.47 Å². The third kappa shape index (κ3) is 5.35. The summed E-state index contributed by atoms with van der Waals surface area (Å²) in [4.78, 5) is 27.8. The first kappa shape index (κ1) is 25.3. The Bertz CT molecular complexity index is 1430. The molecule has 38 heavy (non-hydrogen) atoms. The Kier molecular flexibility index (Phi) is 7.60. The van der Waals surface area contributed by atoms with Gasteiger partial charge in [0.1, 0.15) is 11.5 Å². The number of fused-ring (bicyclic) bond motifs is 1. The third-order valence-electron chi connectivity index (χ3n) is 6.25. The van der Waals surface area contributed by atoms with Crippen LogP contribution < -0.4 is 19.7 Å². The van der Waals surface area contributed by atoms with Crippen LogP contribution in [-0.2, 0) is 17.8 Å². The molecule has 0 radical (unpaired) electrons. The van der Waals surface area contributed by atoms with E-state index in [9.17, 15) is 9.59 Å². The van der Waals surface area contributed by atoms with Gasteiger partial charge in [-0.1, -0.05) is 48.2 Å². The maximum absolute atomic E-state index is 13.1. The second-order valence-corrected chi connectivity index (χ2v) is 9.51. The number of benzene rings is 3. The summed E-state index contributed by atoms with van der Waals surface area (Å²) in [6.45, 7) is 0.810. The van der Waals surface area contributed by atoms with E-state index in [-0.39, 0.29) is 24.1 Å². The van der Waals surface area contributed by atoms with Gasteiger partial charge < -0.3 is 19.7 Å². The van der Waals surface area contributed by atoms with Crippen LogP contribution in [0.2, 0.25) is 0 Å².